The average Bonchev–Trinajstić information content (AvgIpc) is 2.77. The van der Waals surface area contributed by atoms with Crippen LogP contribution in [0.15, 0.2) is 47.6 Å². The van der Waals surface area contributed by atoms with Crippen molar-refractivity contribution < 1.29 is 9.53 Å². The van der Waals surface area contributed by atoms with E-state index in [1.165, 1.54) is 5.69 Å². The van der Waals surface area contributed by atoms with Gasteiger partial charge in [-0.2, -0.15) is 0 Å². The number of anilines is 1. The van der Waals surface area contributed by atoms with Crippen LogP contribution < -0.4 is 9.64 Å². The fourth-order valence-electron chi connectivity index (χ4n) is 3.47. The molecule has 0 atom stereocenters. The van der Waals surface area contributed by atoms with Gasteiger partial charge in [0.1, 0.15) is 10.8 Å². The second kappa shape index (κ2) is 10.5. The normalized spacial score (nSPS) is 14.7. The lowest BCUT2D eigenvalue weighted by molar-refractivity contribution is 0.0823. The highest BCUT2D eigenvalue weighted by Gasteiger charge is 2.19. The van der Waals surface area contributed by atoms with Gasteiger partial charge in [-0.25, -0.2) is 4.98 Å². The highest BCUT2D eigenvalue weighted by Crippen LogP contribution is 2.28. The number of ether oxygens (including phenoxy) is 1. The summed E-state index contributed by atoms with van der Waals surface area (Å²) in [6.45, 7) is 5.19. The maximum absolute atomic E-state index is 12.3. The van der Waals surface area contributed by atoms with E-state index in [-0.39, 0.29) is 5.91 Å². The number of carbonyl (C=O) groups is 1. The lowest BCUT2D eigenvalue weighted by Gasteiger charge is -2.36. The largest absolute Gasteiger partial charge is 0.495 e. The summed E-state index contributed by atoms with van der Waals surface area (Å²) < 4.78 is 5.50. The first-order chi connectivity index (χ1) is 14.1. The Hall–Kier alpha value is -2.25. The predicted octanol–water partition coefficient (Wildman–Crippen LogP) is 3.10. The minimum atomic E-state index is 0.00746. The first-order valence-corrected chi connectivity index (χ1v) is 11.0. The van der Waals surface area contributed by atoms with E-state index >= 15 is 0 Å². The summed E-state index contributed by atoms with van der Waals surface area (Å²) in [7, 11) is 5.27. The standard InChI is InChI=1S/C22H30N4O2S/c1-24(2)22(27)18-8-6-11-23-21(18)29-17-7-12-25-13-15-26(16-14-25)19-9-4-5-10-20(19)28-3/h4-6,8-11H,7,12-17H2,1-3H3. The summed E-state index contributed by atoms with van der Waals surface area (Å²) in [5.41, 5.74) is 1.87. The lowest BCUT2D eigenvalue weighted by atomic mass is 10.2. The number of aromatic nitrogens is 1. The summed E-state index contributed by atoms with van der Waals surface area (Å²) in [6, 6.07) is 11.9. The van der Waals surface area contributed by atoms with Gasteiger partial charge in [0, 0.05) is 52.2 Å². The number of benzene rings is 1. The molecule has 2 aromatic rings. The average molecular weight is 415 g/mol. The van der Waals surface area contributed by atoms with Crippen LogP contribution in [0.3, 0.4) is 0 Å². The number of hydrogen-bond acceptors (Lipinski definition) is 6. The smallest absolute Gasteiger partial charge is 0.256 e. The molecule has 0 spiro atoms. The molecule has 0 unspecified atom stereocenters. The molecule has 1 aliphatic rings. The number of thioether (sulfide) groups is 1. The summed E-state index contributed by atoms with van der Waals surface area (Å²) in [5.74, 6) is 1.90. The summed E-state index contributed by atoms with van der Waals surface area (Å²) in [4.78, 5) is 23.2. The molecule has 3 rings (SSSR count). The zero-order valence-electron chi connectivity index (χ0n) is 17.5. The van der Waals surface area contributed by atoms with Crippen LogP contribution in [0.2, 0.25) is 0 Å². The van der Waals surface area contributed by atoms with Crippen LogP contribution in [0, 0.1) is 0 Å². The number of piperazine rings is 1. The van der Waals surface area contributed by atoms with Crippen molar-refractivity contribution in [2.75, 3.05) is 64.6 Å². The van der Waals surface area contributed by atoms with Gasteiger partial charge in [0.2, 0.25) is 0 Å². The molecule has 1 saturated heterocycles. The molecule has 1 aromatic carbocycles. The fraction of sp³-hybridized carbons (Fsp3) is 0.455. The molecule has 0 aliphatic carbocycles. The third-order valence-electron chi connectivity index (χ3n) is 5.06. The zero-order chi connectivity index (χ0) is 20.6. The predicted molar refractivity (Wildman–Crippen MR) is 119 cm³/mol. The Balaban J connectivity index is 1.44. The van der Waals surface area contributed by atoms with Crippen LogP contribution in [0.5, 0.6) is 5.75 Å². The third kappa shape index (κ3) is 5.64. The molecule has 156 valence electrons. The van der Waals surface area contributed by atoms with E-state index < -0.39 is 0 Å². The summed E-state index contributed by atoms with van der Waals surface area (Å²) in [6.07, 6.45) is 2.83. The van der Waals surface area contributed by atoms with Crippen molar-refractivity contribution in [2.24, 2.45) is 0 Å². The van der Waals surface area contributed by atoms with E-state index in [1.807, 2.05) is 24.3 Å². The fourth-order valence-corrected chi connectivity index (χ4v) is 4.38. The van der Waals surface area contributed by atoms with Crippen molar-refractivity contribution in [3.05, 3.63) is 48.2 Å². The van der Waals surface area contributed by atoms with E-state index in [1.54, 1.807) is 44.1 Å². The van der Waals surface area contributed by atoms with E-state index in [2.05, 4.69) is 26.9 Å². The van der Waals surface area contributed by atoms with Gasteiger partial charge in [-0.15, -0.1) is 11.8 Å². The van der Waals surface area contributed by atoms with Gasteiger partial charge < -0.3 is 14.5 Å². The van der Waals surface area contributed by atoms with Gasteiger partial charge in [-0.1, -0.05) is 12.1 Å². The Kier molecular flexibility index (Phi) is 7.77. The molecule has 6 nitrogen and oxygen atoms in total. The Morgan fingerprint density at radius 1 is 1.14 bits per heavy atom. The van der Waals surface area contributed by atoms with E-state index in [4.69, 9.17) is 4.74 Å². The highest BCUT2D eigenvalue weighted by molar-refractivity contribution is 7.99. The van der Waals surface area contributed by atoms with E-state index in [0.29, 0.717) is 5.56 Å². The Labute approximate surface area is 177 Å². The van der Waals surface area contributed by atoms with Crippen LogP contribution in [-0.2, 0) is 0 Å². The zero-order valence-corrected chi connectivity index (χ0v) is 18.3. The monoisotopic (exact) mass is 414 g/mol. The van der Waals surface area contributed by atoms with Gasteiger partial charge in [-0.3, -0.25) is 9.69 Å². The molecule has 0 radical (unpaired) electrons. The second-order valence-electron chi connectivity index (χ2n) is 7.26. The van der Waals surface area contributed by atoms with Gasteiger partial charge in [0.25, 0.3) is 5.91 Å². The van der Waals surface area contributed by atoms with E-state index in [0.717, 1.165) is 55.7 Å². The van der Waals surface area contributed by atoms with Crippen molar-refractivity contribution in [2.45, 2.75) is 11.4 Å². The number of carbonyl (C=O) groups excluding carboxylic acids is 1. The van der Waals surface area contributed by atoms with Crippen LogP contribution in [-0.4, -0.2) is 80.4 Å². The number of rotatable bonds is 8. The van der Waals surface area contributed by atoms with Crippen molar-refractivity contribution in [3.8, 4) is 5.75 Å². The molecule has 0 N–H and O–H groups in total. The van der Waals surface area contributed by atoms with Crippen molar-refractivity contribution in [1.29, 1.82) is 0 Å². The number of nitrogens with zero attached hydrogens (tertiary/aromatic N) is 4. The number of para-hydroxylation sites is 2. The van der Waals surface area contributed by atoms with E-state index in [9.17, 15) is 4.79 Å². The molecule has 7 heteroatoms. The minimum Gasteiger partial charge on any atom is -0.495 e. The van der Waals surface area contributed by atoms with Crippen LogP contribution in [0.25, 0.3) is 0 Å². The van der Waals surface area contributed by atoms with Gasteiger partial charge in [-0.05, 0) is 37.2 Å². The van der Waals surface area contributed by atoms with Crippen molar-refractivity contribution >= 4 is 23.4 Å². The van der Waals surface area contributed by atoms with Gasteiger partial charge >= 0.3 is 0 Å². The maximum Gasteiger partial charge on any atom is 0.256 e. The van der Waals surface area contributed by atoms with Crippen molar-refractivity contribution in [3.63, 3.8) is 0 Å². The van der Waals surface area contributed by atoms with Gasteiger partial charge in [0.15, 0.2) is 0 Å². The molecule has 2 heterocycles. The summed E-state index contributed by atoms with van der Waals surface area (Å²) in [5, 5.41) is 0.826. The first-order valence-electron chi connectivity index (χ1n) is 10.00. The molecule has 1 amide bonds. The topological polar surface area (TPSA) is 48.9 Å². The number of pyridine rings is 1. The Morgan fingerprint density at radius 3 is 2.62 bits per heavy atom. The third-order valence-corrected chi connectivity index (χ3v) is 6.15. The second-order valence-corrected chi connectivity index (χ2v) is 8.34. The summed E-state index contributed by atoms with van der Waals surface area (Å²) >= 11 is 1.67. The molecular formula is C22H30N4O2S. The molecule has 29 heavy (non-hydrogen) atoms. The lowest BCUT2D eigenvalue weighted by Crippen LogP contribution is -2.46. The Bertz CT molecular complexity index is 807. The minimum absolute atomic E-state index is 0.00746. The highest BCUT2D eigenvalue weighted by atomic mass is 32.2. The molecule has 1 fully saturated rings. The van der Waals surface area contributed by atoms with Crippen LogP contribution in [0.4, 0.5) is 5.69 Å². The number of hydrogen-bond donors (Lipinski definition) is 0. The molecule has 1 aliphatic heterocycles. The molecule has 0 bridgehead atoms. The van der Waals surface area contributed by atoms with Crippen molar-refractivity contribution in [1.82, 2.24) is 14.8 Å². The quantitative estimate of drug-likeness (QED) is 0.489. The maximum atomic E-state index is 12.3. The molecule has 1 aromatic heterocycles. The van der Waals surface area contributed by atoms with Crippen LogP contribution >= 0.6 is 11.8 Å². The molecular weight excluding hydrogens is 384 g/mol. The molecule has 0 saturated carbocycles. The first kappa shape index (κ1) is 21.5. The number of methoxy groups -OCH3 is 1. The van der Waals surface area contributed by atoms with Crippen LogP contribution in [0.1, 0.15) is 16.8 Å². The number of amides is 1. The SMILES string of the molecule is COc1ccccc1N1CCN(CCCSc2ncccc2C(=O)N(C)C)CC1. The Morgan fingerprint density at radius 2 is 1.90 bits per heavy atom. The van der Waals surface area contributed by atoms with Gasteiger partial charge in [0.05, 0.1) is 18.4 Å².